The maximum atomic E-state index is 10.9. The monoisotopic (exact) mass is 291 g/mol. The molecule has 0 aliphatic carbocycles. The SMILES string of the molecule is O=[N+]([O-])c1cccc(-c2nnc3c(n2)[nH]c2ccccc23)c1. The zero-order chi connectivity index (χ0) is 15.1. The number of nitrogens with one attached hydrogen (secondary N) is 1. The van der Waals surface area contributed by atoms with E-state index >= 15 is 0 Å². The van der Waals surface area contributed by atoms with E-state index in [1.807, 2.05) is 24.3 Å². The Balaban J connectivity index is 1.91. The molecule has 0 bridgehead atoms. The molecule has 0 radical (unpaired) electrons. The minimum absolute atomic E-state index is 0.00200. The average Bonchev–Trinajstić information content (AvgIpc) is 2.92. The second-order valence-corrected chi connectivity index (χ2v) is 4.81. The lowest BCUT2D eigenvalue weighted by Crippen LogP contribution is -1.94. The molecule has 7 nitrogen and oxygen atoms in total. The summed E-state index contributed by atoms with van der Waals surface area (Å²) in [6.07, 6.45) is 0. The van der Waals surface area contributed by atoms with Crippen molar-refractivity contribution in [3.8, 4) is 11.4 Å². The van der Waals surface area contributed by atoms with Gasteiger partial charge >= 0.3 is 0 Å². The number of hydrogen-bond acceptors (Lipinski definition) is 5. The summed E-state index contributed by atoms with van der Waals surface area (Å²) in [4.78, 5) is 18.0. The van der Waals surface area contributed by atoms with Gasteiger partial charge in [-0.25, -0.2) is 4.98 Å². The molecule has 2 aromatic carbocycles. The molecule has 0 aliphatic heterocycles. The molecule has 106 valence electrons. The Morgan fingerprint density at radius 2 is 1.91 bits per heavy atom. The van der Waals surface area contributed by atoms with Crippen LogP contribution in [0.15, 0.2) is 48.5 Å². The number of aromatic nitrogens is 4. The lowest BCUT2D eigenvalue weighted by Gasteiger charge is -1.99. The summed E-state index contributed by atoms with van der Waals surface area (Å²) in [6, 6.07) is 13.9. The van der Waals surface area contributed by atoms with E-state index in [4.69, 9.17) is 0 Å². The first-order chi connectivity index (χ1) is 10.7. The van der Waals surface area contributed by atoms with Crippen molar-refractivity contribution < 1.29 is 4.92 Å². The maximum Gasteiger partial charge on any atom is 0.270 e. The van der Waals surface area contributed by atoms with Crippen LogP contribution in [-0.4, -0.2) is 25.1 Å². The molecule has 1 N–H and O–H groups in total. The number of hydrogen-bond donors (Lipinski definition) is 1. The zero-order valence-corrected chi connectivity index (χ0v) is 11.2. The largest absolute Gasteiger partial charge is 0.338 e. The Kier molecular flexibility index (Phi) is 2.59. The molecule has 0 amide bonds. The Morgan fingerprint density at radius 1 is 1.05 bits per heavy atom. The first-order valence-electron chi connectivity index (χ1n) is 6.58. The highest BCUT2D eigenvalue weighted by atomic mass is 16.6. The molecular weight excluding hydrogens is 282 g/mol. The van der Waals surface area contributed by atoms with Crippen LogP contribution in [0.5, 0.6) is 0 Å². The summed E-state index contributed by atoms with van der Waals surface area (Å²) in [7, 11) is 0. The van der Waals surface area contributed by atoms with E-state index in [9.17, 15) is 10.1 Å². The fourth-order valence-corrected chi connectivity index (χ4v) is 2.40. The van der Waals surface area contributed by atoms with E-state index in [-0.39, 0.29) is 5.69 Å². The van der Waals surface area contributed by atoms with Crippen molar-refractivity contribution in [2.75, 3.05) is 0 Å². The molecule has 2 heterocycles. The van der Waals surface area contributed by atoms with Crippen molar-refractivity contribution in [3.63, 3.8) is 0 Å². The minimum atomic E-state index is -0.446. The lowest BCUT2D eigenvalue weighted by molar-refractivity contribution is -0.384. The van der Waals surface area contributed by atoms with Gasteiger partial charge in [0.1, 0.15) is 5.52 Å². The van der Waals surface area contributed by atoms with Crippen LogP contribution in [0.2, 0.25) is 0 Å². The Morgan fingerprint density at radius 3 is 2.77 bits per heavy atom. The number of aromatic amines is 1. The third-order valence-corrected chi connectivity index (χ3v) is 3.44. The number of nitro benzene ring substituents is 1. The molecule has 0 aliphatic rings. The number of rotatable bonds is 2. The van der Waals surface area contributed by atoms with Crippen molar-refractivity contribution in [1.29, 1.82) is 0 Å². The lowest BCUT2D eigenvalue weighted by atomic mass is 10.2. The van der Waals surface area contributed by atoms with E-state index in [1.165, 1.54) is 12.1 Å². The second kappa shape index (κ2) is 4.59. The van der Waals surface area contributed by atoms with Gasteiger partial charge in [-0.2, -0.15) is 0 Å². The first-order valence-corrected chi connectivity index (χ1v) is 6.58. The molecule has 0 fully saturated rings. The smallest absolute Gasteiger partial charge is 0.270 e. The number of fused-ring (bicyclic) bond motifs is 3. The molecule has 7 heteroatoms. The normalized spacial score (nSPS) is 11.1. The van der Waals surface area contributed by atoms with Crippen LogP contribution in [0, 0.1) is 10.1 Å². The topological polar surface area (TPSA) is 97.6 Å². The molecule has 4 rings (SSSR count). The van der Waals surface area contributed by atoms with E-state index in [0.29, 0.717) is 22.6 Å². The highest BCUT2D eigenvalue weighted by Crippen LogP contribution is 2.25. The van der Waals surface area contributed by atoms with Crippen LogP contribution < -0.4 is 0 Å². The van der Waals surface area contributed by atoms with Crippen LogP contribution in [-0.2, 0) is 0 Å². The van der Waals surface area contributed by atoms with E-state index in [0.717, 1.165) is 10.9 Å². The van der Waals surface area contributed by atoms with Crippen molar-refractivity contribution in [1.82, 2.24) is 20.2 Å². The predicted molar refractivity (Wildman–Crippen MR) is 81.3 cm³/mol. The summed E-state index contributed by atoms with van der Waals surface area (Å²) in [5.41, 5.74) is 2.78. The molecular formula is C15H9N5O2. The highest BCUT2D eigenvalue weighted by molar-refractivity contribution is 6.03. The van der Waals surface area contributed by atoms with Crippen LogP contribution >= 0.6 is 0 Å². The maximum absolute atomic E-state index is 10.9. The molecule has 0 spiro atoms. The van der Waals surface area contributed by atoms with Gasteiger partial charge in [0.05, 0.1) is 4.92 Å². The van der Waals surface area contributed by atoms with Crippen molar-refractivity contribution in [3.05, 3.63) is 58.6 Å². The Bertz CT molecular complexity index is 1020. The fourth-order valence-electron chi connectivity index (χ4n) is 2.40. The van der Waals surface area contributed by atoms with Gasteiger partial charge in [-0.3, -0.25) is 10.1 Å². The third-order valence-electron chi connectivity index (χ3n) is 3.44. The van der Waals surface area contributed by atoms with Gasteiger partial charge in [0, 0.05) is 28.6 Å². The summed E-state index contributed by atoms with van der Waals surface area (Å²) < 4.78 is 0. The average molecular weight is 291 g/mol. The van der Waals surface area contributed by atoms with Crippen LogP contribution in [0.3, 0.4) is 0 Å². The molecule has 22 heavy (non-hydrogen) atoms. The molecule has 0 unspecified atom stereocenters. The van der Waals surface area contributed by atoms with E-state index in [1.54, 1.807) is 12.1 Å². The predicted octanol–water partition coefficient (Wildman–Crippen LogP) is 3.08. The zero-order valence-electron chi connectivity index (χ0n) is 11.2. The number of nitrogens with zero attached hydrogens (tertiary/aromatic N) is 4. The van der Waals surface area contributed by atoms with Gasteiger partial charge in [-0.05, 0) is 6.07 Å². The van der Waals surface area contributed by atoms with E-state index < -0.39 is 4.92 Å². The highest BCUT2D eigenvalue weighted by Gasteiger charge is 2.12. The Hall–Kier alpha value is -3.35. The van der Waals surface area contributed by atoms with Gasteiger partial charge < -0.3 is 4.98 Å². The fraction of sp³-hybridized carbons (Fsp3) is 0. The molecule has 0 saturated carbocycles. The Labute approximate surface area is 123 Å². The summed E-state index contributed by atoms with van der Waals surface area (Å²) >= 11 is 0. The summed E-state index contributed by atoms with van der Waals surface area (Å²) in [6.45, 7) is 0. The van der Waals surface area contributed by atoms with Gasteiger partial charge in [0.2, 0.25) is 0 Å². The van der Waals surface area contributed by atoms with Gasteiger partial charge in [-0.15, -0.1) is 10.2 Å². The van der Waals surface area contributed by atoms with Crippen LogP contribution in [0.1, 0.15) is 0 Å². The molecule has 4 aromatic rings. The number of H-pyrrole nitrogens is 1. The van der Waals surface area contributed by atoms with Gasteiger partial charge in [0.25, 0.3) is 5.69 Å². The van der Waals surface area contributed by atoms with Gasteiger partial charge in [0.15, 0.2) is 11.5 Å². The number of benzene rings is 2. The van der Waals surface area contributed by atoms with E-state index in [2.05, 4.69) is 20.2 Å². The number of para-hydroxylation sites is 1. The summed E-state index contributed by atoms with van der Waals surface area (Å²) in [5.74, 6) is 0.350. The molecule has 2 aromatic heterocycles. The van der Waals surface area contributed by atoms with Gasteiger partial charge in [-0.1, -0.05) is 30.3 Å². The third kappa shape index (κ3) is 1.87. The molecule has 0 saturated heterocycles. The second-order valence-electron chi connectivity index (χ2n) is 4.81. The quantitative estimate of drug-likeness (QED) is 0.452. The number of nitro groups is 1. The van der Waals surface area contributed by atoms with Crippen LogP contribution in [0.25, 0.3) is 33.5 Å². The van der Waals surface area contributed by atoms with Crippen molar-refractivity contribution in [2.45, 2.75) is 0 Å². The standard InChI is InChI=1S/C15H9N5O2/c21-20(22)10-5-3-4-9(8-10)14-17-15-13(18-19-14)11-6-1-2-7-12(11)16-15/h1-8H,(H,16,17,19). The minimum Gasteiger partial charge on any atom is -0.338 e. The molecule has 0 atom stereocenters. The first kappa shape index (κ1) is 12.4. The summed E-state index contributed by atoms with van der Waals surface area (Å²) in [5, 5.41) is 20.1. The number of non-ortho nitro benzene ring substituents is 1. The van der Waals surface area contributed by atoms with Crippen molar-refractivity contribution in [2.24, 2.45) is 0 Å². The van der Waals surface area contributed by atoms with Crippen LogP contribution in [0.4, 0.5) is 5.69 Å². The van der Waals surface area contributed by atoms with Crippen molar-refractivity contribution >= 4 is 27.8 Å².